The topological polar surface area (TPSA) is 80.0 Å². The van der Waals surface area contributed by atoms with E-state index >= 15 is 0 Å². The van der Waals surface area contributed by atoms with E-state index in [9.17, 15) is 9.90 Å². The average Bonchev–Trinajstić information content (AvgIpc) is 2.83. The summed E-state index contributed by atoms with van der Waals surface area (Å²) in [6, 6.07) is 0. The largest absolute Gasteiger partial charge is 0.391 e. The molecule has 2 rings (SSSR count). The van der Waals surface area contributed by atoms with Crippen molar-refractivity contribution >= 4 is 5.91 Å². The Morgan fingerprint density at radius 1 is 1.56 bits per heavy atom. The van der Waals surface area contributed by atoms with Gasteiger partial charge in [0.15, 0.2) is 5.69 Å². The fourth-order valence-corrected chi connectivity index (χ4v) is 2.42. The first kappa shape index (κ1) is 13.0. The molecule has 0 aliphatic heterocycles. The number of hydrogen-bond acceptors (Lipinski definition) is 4. The molecule has 0 spiro atoms. The predicted molar refractivity (Wildman–Crippen MR) is 65.9 cm³/mol. The van der Waals surface area contributed by atoms with Gasteiger partial charge in [-0.25, -0.2) is 0 Å². The summed E-state index contributed by atoms with van der Waals surface area (Å²) in [5.41, 5.74) is 0.286. The second kappa shape index (κ2) is 5.95. The van der Waals surface area contributed by atoms with Crippen molar-refractivity contribution in [3.8, 4) is 0 Å². The number of carbonyl (C=O) groups excluding carboxylic acids is 1. The van der Waals surface area contributed by atoms with Crippen LogP contribution in [-0.4, -0.2) is 38.7 Å². The van der Waals surface area contributed by atoms with Gasteiger partial charge in [0.2, 0.25) is 0 Å². The third-order valence-corrected chi connectivity index (χ3v) is 3.50. The Morgan fingerprint density at radius 2 is 2.28 bits per heavy atom. The van der Waals surface area contributed by atoms with Gasteiger partial charge >= 0.3 is 0 Å². The Labute approximate surface area is 106 Å². The highest BCUT2D eigenvalue weighted by Gasteiger charge is 2.22. The second-order valence-corrected chi connectivity index (χ2v) is 4.95. The van der Waals surface area contributed by atoms with Crippen LogP contribution in [0.2, 0.25) is 0 Å². The molecule has 0 aromatic carbocycles. The molecule has 1 fully saturated rings. The van der Waals surface area contributed by atoms with Gasteiger partial charge in [0, 0.05) is 13.6 Å². The van der Waals surface area contributed by atoms with Gasteiger partial charge in [-0.05, 0) is 18.8 Å². The van der Waals surface area contributed by atoms with Crippen molar-refractivity contribution in [2.45, 2.75) is 38.2 Å². The molecule has 1 heterocycles. The standard InChI is InChI=1S/C12H20N4O2/c1-16-8-10(14-15-16)12(18)13-7-11(17)9-5-3-2-4-6-9/h8-9,11,17H,2-7H2,1H3,(H,13,18)/t11-/m0/s1. The molecule has 1 aromatic heterocycles. The summed E-state index contributed by atoms with van der Waals surface area (Å²) in [5, 5.41) is 20.1. The molecule has 1 aliphatic rings. The van der Waals surface area contributed by atoms with Gasteiger partial charge in [0.25, 0.3) is 5.91 Å². The number of hydrogen-bond donors (Lipinski definition) is 2. The molecule has 1 saturated carbocycles. The molecule has 1 aromatic rings. The Morgan fingerprint density at radius 3 is 2.89 bits per heavy atom. The average molecular weight is 252 g/mol. The zero-order chi connectivity index (χ0) is 13.0. The first-order valence-corrected chi connectivity index (χ1v) is 6.49. The van der Waals surface area contributed by atoms with Crippen molar-refractivity contribution in [2.75, 3.05) is 6.54 Å². The number of amides is 1. The van der Waals surface area contributed by atoms with E-state index in [1.54, 1.807) is 13.2 Å². The highest BCUT2D eigenvalue weighted by Crippen LogP contribution is 2.26. The maximum Gasteiger partial charge on any atom is 0.273 e. The SMILES string of the molecule is Cn1cc(C(=O)NC[C@H](O)C2CCCCC2)nn1. The fraction of sp³-hybridized carbons (Fsp3) is 0.750. The Kier molecular flexibility index (Phi) is 4.30. The summed E-state index contributed by atoms with van der Waals surface area (Å²) in [6.45, 7) is 0.292. The van der Waals surface area contributed by atoms with E-state index < -0.39 is 6.10 Å². The van der Waals surface area contributed by atoms with Crippen LogP contribution in [0.4, 0.5) is 0 Å². The number of aromatic nitrogens is 3. The molecule has 0 bridgehead atoms. The quantitative estimate of drug-likeness (QED) is 0.817. The van der Waals surface area contributed by atoms with Crippen molar-refractivity contribution in [1.29, 1.82) is 0 Å². The van der Waals surface area contributed by atoms with E-state index in [1.165, 1.54) is 23.9 Å². The lowest BCUT2D eigenvalue weighted by Crippen LogP contribution is -2.37. The smallest absolute Gasteiger partial charge is 0.273 e. The molecule has 6 nitrogen and oxygen atoms in total. The number of aliphatic hydroxyl groups is 1. The highest BCUT2D eigenvalue weighted by atomic mass is 16.3. The minimum Gasteiger partial charge on any atom is -0.391 e. The number of rotatable bonds is 4. The molecule has 18 heavy (non-hydrogen) atoms. The molecule has 0 saturated heterocycles. The molecule has 1 amide bonds. The van der Waals surface area contributed by atoms with Crippen LogP contribution in [-0.2, 0) is 7.05 Å². The zero-order valence-electron chi connectivity index (χ0n) is 10.7. The summed E-state index contributed by atoms with van der Waals surface area (Å²) in [5.74, 6) is 0.0406. The van der Waals surface area contributed by atoms with Crippen LogP contribution in [0.25, 0.3) is 0 Å². The van der Waals surface area contributed by atoms with Gasteiger partial charge in [-0.2, -0.15) is 0 Å². The van der Waals surface area contributed by atoms with Gasteiger partial charge < -0.3 is 10.4 Å². The van der Waals surface area contributed by atoms with Crippen LogP contribution < -0.4 is 5.32 Å². The van der Waals surface area contributed by atoms with E-state index in [0.717, 1.165) is 12.8 Å². The Balaban J connectivity index is 1.78. The Hall–Kier alpha value is -1.43. The lowest BCUT2D eigenvalue weighted by molar-refractivity contribution is 0.0736. The summed E-state index contributed by atoms with van der Waals surface area (Å²) in [4.78, 5) is 11.7. The highest BCUT2D eigenvalue weighted by molar-refractivity contribution is 5.91. The van der Waals surface area contributed by atoms with E-state index in [2.05, 4.69) is 15.6 Å². The molecule has 100 valence electrons. The molecule has 1 aliphatic carbocycles. The number of aliphatic hydroxyl groups excluding tert-OH is 1. The van der Waals surface area contributed by atoms with Gasteiger partial charge in [0.1, 0.15) is 0 Å². The molecule has 2 N–H and O–H groups in total. The van der Waals surface area contributed by atoms with Crippen LogP contribution in [0.1, 0.15) is 42.6 Å². The van der Waals surface area contributed by atoms with E-state index in [1.807, 2.05) is 0 Å². The van der Waals surface area contributed by atoms with E-state index in [0.29, 0.717) is 12.5 Å². The van der Waals surface area contributed by atoms with Crippen molar-refractivity contribution < 1.29 is 9.90 Å². The molecular weight excluding hydrogens is 232 g/mol. The van der Waals surface area contributed by atoms with Crippen LogP contribution in [0.15, 0.2) is 6.20 Å². The lowest BCUT2D eigenvalue weighted by atomic mass is 9.85. The summed E-state index contributed by atoms with van der Waals surface area (Å²) < 4.78 is 1.48. The molecular formula is C12H20N4O2. The number of aryl methyl sites for hydroxylation is 1. The first-order chi connectivity index (χ1) is 8.66. The minimum absolute atomic E-state index is 0.280. The van der Waals surface area contributed by atoms with Gasteiger partial charge in [-0.15, -0.1) is 5.10 Å². The van der Waals surface area contributed by atoms with Gasteiger partial charge in [0.05, 0.1) is 12.3 Å². The summed E-state index contributed by atoms with van der Waals surface area (Å²) in [6.07, 6.45) is 6.84. The van der Waals surface area contributed by atoms with E-state index in [-0.39, 0.29) is 11.6 Å². The van der Waals surface area contributed by atoms with Gasteiger partial charge in [-0.1, -0.05) is 24.5 Å². The Bertz CT molecular complexity index is 399. The summed E-state index contributed by atoms with van der Waals surface area (Å²) >= 11 is 0. The normalized spacial score (nSPS) is 18.6. The second-order valence-electron chi connectivity index (χ2n) is 4.95. The number of nitrogens with one attached hydrogen (secondary N) is 1. The van der Waals surface area contributed by atoms with Crippen LogP contribution in [0.3, 0.4) is 0 Å². The maximum atomic E-state index is 11.7. The van der Waals surface area contributed by atoms with Crippen LogP contribution in [0, 0.1) is 5.92 Å². The number of nitrogens with zero attached hydrogens (tertiary/aromatic N) is 3. The van der Waals surface area contributed by atoms with Crippen molar-refractivity contribution in [1.82, 2.24) is 20.3 Å². The third kappa shape index (κ3) is 3.29. The number of carbonyl (C=O) groups is 1. The zero-order valence-corrected chi connectivity index (χ0v) is 10.7. The minimum atomic E-state index is -0.453. The third-order valence-electron chi connectivity index (χ3n) is 3.50. The summed E-state index contributed by atoms with van der Waals surface area (Å²) in [7, 11) is 1.71. The van der Waals surface area contributed by atoms with Gasteiger partial charge in [-0.3, -0.25) is 9.48 Å². The van der Waals surface area contributed by atoms with Crippen molar-refractivity contribution in [3.05, 3.63) is 11.9 Å². The molecule has 6 heteroatoms. The van der Waals surface area contributed by atoms with E-state index in [4.69, 9.17) is 0 Å². The predicted octanol–water partition coefficient (Wildman–Crippen LogP) is 0.486. The first-order valence-electron chi connectivity index (χ1n) is 6.49. The maximum absolute atomic E-state index is 11.7. The van der Waals surface area contributed by atoms with Crippen molar-refractivity contribution in [3.63, 3.8) is 0 Å². The van der Waals surface area contributed by atoms with Crippen molar-refractivity contribution in [2.24, 2.45) is 13.0 Å². The molecule has 0 unspecified atom stereocenters. The fourth-order valence-electron chi connectivity index (χ4n) is 2.42. The lowest BCUT2D eigenvalue weighted by Gasteiger charge is -2.26. The monoisotopic (exact) mass is 252 g/mol. The molecule has 1 atom stereocenters. The van der Waals surface area contributed by atoms with Crippen LogP contribution in [0.5, 0.6) is 0 Å². The van der Waals surface area contributed by atoms with Crippen LogP contribution >= 0.6 is 0 Å². The molecule has 0 radical (unpaired) electrons.